The average molecular weight is 293 g/mol. The first-order chi connectivity index (χ1) is 10.1. The minimum atomic E-state index is -1.25. The van der Waals surface area contributed by atoms with Crippen molar-refractivity contribution in [1.29, 1.82) is 0 Å². The van der Waals surface area contributed by atoms with E-state index in [9.17, 15) is 9.18 Å². The molecule has 0 aliphatic carbocycles. The SMILES string of the molecule is O=C(O)c1ccc(N2CCC(C3OC=CO3)CC2)cc1F. The van der Waals surface area contributed by atoms with Crippen LogP contribution in [0.25, 0.3) is 0 Å². The van der Waals surface area contributed by atoms with Crippen LogP contribution in [0, 0.1) is 11.7 Å². The normalized spacial score (nSPS) is 19.4. The summed E-state index contributed by atoms with van der Waals surface area (Å²) in [5.74, 6) is -1.63. The summed E-state index contributed by atoms with van der Waals surface area (Å²) >= 11 is 0. The third-order valence-corrected chi connectivity index (χ3v) is 3.95. The number of rotatable bonds is 3. The second-order valence-corrected chi connectivity index (χ2v) is 5.21. The maximum atomic E-state index is 13.7. The van der Waals surface area contributed by atoms with Gasteiger partial charge in [0.15, 0.2) is 0 Å². The molecule has 1 N–H and O–H groups in total. The van der Waals surface area contributed by atoms with Gasteiger partial charge in [-0.3, -0.25) is 0 Å². The molecule has 2 aliphatic rings. The molecule has 0 spiro atoms. The van der Waals surface area contributed by atoms with E-state index in [-0.39, 0.29) is 11.9 Å². The lowest BCUT2D eigenvalue weighted by atomic mass is 9.95. The minimum Gasteiger partial charge on any atom is -0.478 e. The Morgan fingerprint density at radius 1 is 1.24 bits per heavy atom. The Bertz CT molecular complexity index is 559. The van der Waals surface area contributed by atoms with Crippen molar-refractivity contribution in [2.24, 2.45) is 5.92 Å². The fraction of sp³-hybridized carbons (Fsp3) is 0.400. The Hall–Kier alpha value is -2.24. The van der Waals surface area contributed by atoms with Crippen molar-refractivity contribution in [1.82, 2.24) is 0 Å². The van der Waals surface area contributed by atoms with Crippen molar-refractivity contribution in [3.05, 3.63) is 42.1 Å². The van der Waals surface area contributed by atoms with Crippen LogP contribution < -0.4 is 4.90 Å². The number of nitrogens with zero attached hydrogens (tertiary/aromatic N) is 1. The van der Waals surface area contributed by atoms with Gasteiger partial charge in [0.05, 0.1) is 5.56 Å². The molecule has 6 heteroatoms. The van der Waals surface area contributed by atoms with E-state index in [1.165, 1.54) is 12.1 Å². The van der Waals surface area contributed by atoms with Gasteiger partial charge in [-0.2, -0.15) is 0 Å². The van der Waals surface area contributed by atoms with Gasteiger partial charge >= 0.3 is 5.97 Å². The van der Waals surface area contributed by atoms with Gasteiger partial charge < -0.3 is 19.5 Å². The Morgan fingerprint density at radius 3 is 2.48 bits per heavy atom. The highest BCUT2D eigenvalue weighted by Gasteiger charge is 2.30. The molecular formula is C15H16FNO4. The summed E-state index contributed by atoms with van der Waals surface area (Å²) in [6.45, 7) is 1.53. The van der Waals surface area contributed by atoms with Gasteiger partial charge in [-0.25, -0.2) is 9.18 Å². The van der Waals surface area contributed by atoms with E-state index >= 15 is 0 Å². The lowest BCUT2D eigenvalue weighted by molar-refractivity contribution is -0.0728. The van der Waals surface area contributed by atoms with E-state index in [4.69, 9.17) is 14.6 Å². The van der Waals surface area contributed by atoms with Crippen molar-refractivity contribution in [3.8, 4) is 0 Å². The molecule has 0 bridgehead atoms. The van der Waals surface area contributed by atoms with Crippen LogP contribution in [0.2, 0.25) is 0 Å². The molecule has 3 rings (SSSR count). The maximum Gasteiger partial charge on any atom is 0.338 e. The van der Waals surface area contributed by atoms with Crippen molar-refractivity contribution in [3.63, 3.8) is 0 Å². The molecule has 0 saturated carbocycles. The lowest BCUT2D eigenvalue weighted by Crippen LogP contribution is -2.38. The fourth-order valence-corrected chi connectivity index (χ4v) is 2.78. The molecule has 0 amide bonds. The van der Waals surface area contributed by atoms with Crippen molar-refractivity contribution in [2.45, 2.75) is 19.1 Å². The highest BCUT2D eigenvalue weighted by atomic mass is 19.1. The first-order valence-electron chi connectivity index (χ1n) is 6.89. The van der Waals surface area contributed by atoms with Gasteiger partial charge in [-0.05, 0) is 31.0 Å². The zero-order valence-electron chi connectivity index (χ0n) is 11.4. The van der Waals surface area contributed by atoms with Crippen molar-refractivity contribution in [2.75, 3.05) is 18.0 Å². The monoisotopic (exact) mass is 293 g/mol. The zero-order chi connectivity index (χ0) is 14.8. The highest BCUT2D eigenvalue weighted by Crippen LogP contribution is 2.29. The molecule has 1 aromatic carbocycles. The van der Waals surface area contributed by atoms with Gasteiger partial charge in [0.25, 0.3) is 0 Å². The van der Waals surface area contributed by atoms with Crippen LogP contribution in [-0.4, -0.2) is 30.5 Å². The van der Waals surface area contributed by atoms with Crippen LogP contribution >= 0.6 is 0 Å². The van der Waals surface area contributed by atoms with Gasteiger partial charge in [0, 0.05) is 24.7 Å². The summed E-state index contributed by atoms with van der Waals surface area (Å²) < 4.78 is 24.4. The topological polar surface area (TPSA) is 59.0 Å². The minimum absolute atomic E-state index is 0.210. The molecule has 21 heavy (non-hydrogen) atoms. The molecule has 112 valence electrons. The van der Waals surface area contributed by atoms with Crippen molar-refractivity contribution < 1.29 is 23.8 Å². The van der Waals surface area contributed by atoms with Crippen LogP contribution in [0.15, 0.2) is 30.7 Å². The van der Waals surface area contributed by atoms with Crippen LogP contribution in [-0.2, 0) is 9.47 Å². The summed E-state index contributed by atoms with van der Waals surface area (Å²) in [7, 11) is 0. The average Bonchev–Trinajstić information content (AvgIpc) is 3.01. The molecule has 1 saturated heterocycles. The van der Waals surface area contributed by atoms with Crippen LogP contribution in [0.5, 0.6) is 0 Å². The number of carboxylic acids is 1. The summed E-state index contributed by atoms with van der Waals surface area (Å²) in [5.41, 5.74) is 0.412. The molecule has 2 heterocycles. The third-order valence-electron chi connectivity index (χ3n) is 3.95. The van der Waals surface area contributed by atoms with E-state index in [2.05, 4.69) is 0 Å². The predicted octanol–water partition coefficient (Wildman–Crippen LogP) is 2.58. The van der Waals surface area contributed by atoms with Gasteiger partial charge in [-0.1, -0.05) is 0 Å². The molecule has 0 atom stereocenters. The largest absolute Gasteiger partial charge is 0.478 e. The Morgan fingerprint density at radius 2 is 1.90 bits per heavy atom. The lowest BCUT2D eigenvalue weighted by Gasteiger charge is -2.35. The first kappa shape index (κ1) is 13.7. The van der Waals surface area contributed by atoms with E-state index < -0.39 is 11.8 Å². The number of anilines is 1. The summed E-state index contributed by atoms with van der Waals surface area (Å²) in [5, 5.41) is 8.84. The van der Waals surface area contributed by atoms with E-state index in [0.717, 1.165) is 25.9 Å². The Labute approximate surface area is 121 Å². The second-order valence-electron chi connectivity index (χ2n) is 5.21. The number of piperidine rings is 1. The number of hydrogen-bond acceptors (Lipinski definition) is 4. The van der Waals surface area contributed by atoms with Gasteiger partial charge in [-0.15, -0.1) is 0 Å². The highest BCUT2D eigenvalue weighted by molar-refractivity contribution is 5.88. The molecule has 0 radical (unpaired) electrons. The second kappa shape index (κ2) is 5.63. The van der Waals surface area contributed by atoms with E-state index in [1.54, 1.807) is 18.6 Å². The molecule has 1 aromatic rings. The van der Waals surface area contributed by atoms with Gasteiger partial charge in [0.1, 0.15) is 18.3 Å². The number of carboxylic acid groups (broad SMARTS) is 1. The molecule has 2 aliphatic heterocycles. The fourth-order valence-electron chi connectivity index (χ4n) is 2.78. The van der Waals surface area contributed by atoms with Gasteiger partial charge in [0.2, 0.25) is 6.29 Å². The van der Waals surface area contributed by atoms with Crippen molar-refractivity contribution >= 4 is 11.7 Å². The summed E-state index contributed by atoms with van der Waals surface area (Å²) in [6.07, 6.45) is 4.66. The Kier molecular flexibility index (Phi) is 3.68. The number of benzene rings is 1. The quantitative estimate of drug-likeness (QED) is 0.928. The molecule has 5 nitrogen and oxygen atoms in total. The van der Waals surface area contributed by atoms with E-state index in [0.29, 0.717) is 11.6 Å². The van der Waals surface area contributed by atoms with Crippen LogP contribution in [0.1, 0.15) is 23.2 Å². The number of aromatic carboxylic acids is 1. The number of carbonyl (C=O) groups is 1. The summed E-state index contributed by atoms with van der Waals surface area (Å²) in [4.78, 5) is 12.9. The van der Waals surface area contributed by atoms with Crippen LogP contribution in [0.4, 0.5) is 10.1 Å². The smallest absolute Gasteiger partial charge is 0.338 e. The standard InChI is InChI=1S/C15H16FNO4/c16-13-9-11(1-2-12(13)14(18)19)17-5-3-10(4-6-17)15-20-7-8-21-15/h1-2,7-10,15H,3-6H2,(H,18,19). The first-order valence-corrected chi connectivity index (χ1v) is 6.89. The molecular weight excluding hydrogens is 277 g/mol. The number of ether oxygens (including phenoxy) is 2. The predicted molar refractivity (Wildman–Crippen MR) is 73.4 cm³/mol. The number of hydrogen-bond donors (Lipinski definition) is 1. The molecule has 1 fully saturated rings. The summed E-state index contributed by atoms with van der Waals surface area (Å²) in [6, 6.07) is 4.25. The molecule has 0 unspecified atom stereocenters. The number of halogens is 1. The van der Waals surface area contributed by atoms with E-state index in [1.807, 2.05) is 4.90 Å². The maximum absolute atomic E-state index is 13.7. The molecule has 0 aromatic heterocycles. The third kappa shape index (κ3) is 2.79. The zero-order valence-corrected chi connectivity index (χ0v) is 11.4. The Balaban J connectivity index is 1.64. The van der Waals surface area contributed by atoms with Crippen LogP contribution in [0.3, 0.4) is 0 Å².